The molecule has 0 amide bonds. The molecular formula is C29H26O17. The summed E-state index contributed by atoms with van der Waals surface area (Å²) in [6.45, 7) is -0.998. The van der Waals surface area contributed by atoms with Crippen molar-refractivity contribution in [2.75, 3.05) is 6.61 Å². The molecule has 46 heavy (non-hydrogen) atoms. The predicted molar refractivity (Wildman–Crippen MR) is 148 cm³/mol. The van der Waals surface area contributed by atoms with Crippen molar-refractivity contribution in [1.29, 1.82) is 0 Å². The highest BCUT2D eigenvalue weighted by atomic mass is 16.7. The highest BCUT2D eigenvalue weighted by molar-refractivity contribution is 5.92. The van der Waals surface area contributed by atoms with Crippen LogP contribution in [-0.2, 0) is 23.7 Å². The number of phenols is 8. The molecule has 10 N–H and O–H groups in total. The largest absolute Gasteiger partial charge is 0.504 e. The van der Waals surface area contributed by atoms with Gasteiger partial charge in [-0.1, -0.05) is 6.07 Å². The van der Waals surface area contributed by atoms with Gasteiger partial charge >= 0.3 is 17.9 Å². The van der Waals surface area contributed by atoms with Gasteiger partial charge in [-0.2, -0.15) is 0 Å². The number of esters is 3. The third kappa shape index (κ3) is 7.07. The Balaban J connectivity index is 1.63. The van der Waals surface area contributed by atoms with E-state index in [1.54, 1.807) is 0 Å². The zero-order valence-electron chi connectivity index (χ0n) is 23.1. The number of benzene rings is 3. The summed E-state index contributed by atoms with van der Waals surface area (Å²) in [7, 11) is 0. The summed E-state index contributed by atoms with van der Waals surface area (Å²) in [4.78, 5) is 38.5. The summed E-state index contributed by atoms with van der Waals surface area (Å²) in [5.74, 6) is -10.3. The highest BCUT2D eigenvalue weighted by Crippen LogP contribution is 2.38. The average molecular weight is 647 g/mol. The van der Waals surface area contributed by atoms with Crippen molar-refractivity contribution in [3.8, 4) is 46.0 Å². The first kappa shape index (κ1) is 33.0. The lowest BCUT2D eigenvalue weighted by Crippen LogP contribution is -2.62. The van der Waals surface area contributed by atoms with E-state index in [9.17, 15) is 65.4 Å². The van der Waals surface area contributed by atoms with Crippen molar-refractivity contribution in [1.82, 2.24) is 0 Å². The molecule has 0 aliphatic carbocycles. The fourth-order valence-electron chi connectivity index (χ4n) is 4.21. The predicted octanol–water partition coefficient (Wildman–Crippen LogP) is 0.417. The maximum absolute atomic E-state index is 12.9. The minimum atomic E-state index is -2.15. The number of aliphatic hydroxyl groups is 2. The van der Waals surface area contributed by atoms with Gasteiger partial charge in [0.2, 0.25) is 6.29 Å². The third-order valence-corrected chi connectivity index (χ3v) is 6.54. The van der Waals surface area contributed by atoms with Crippen molar-refractivity contribution < 1.29 is 84.4 Å². The van der Waals surface area contributed by atoms with E-state index >= 15 is 0 Å². The van der Waals surface area contributed by atoms with Gasteiger partial charge in [0.1, 0.15) is 6.10 Å². The Morgan fingerprint density at radius 2 is 1.20 bits per heavy atom. The number of hydrogen-bond acceptors (Lipinski definition) is 17. The van der Waals surface area contributed by atoms with Crippen LogP contribution >= 0.6 is 0 Å². The molecule has 0 aromatic heterocycles. The number of hydrogen-bond donors (Lipinski definition) is 10. The SMILES string of the molecule is O=C(/C=C/c1ccc(O)c(O)c1)O[C@@H]1[C@@H](O)[C@H](OC(=O)c2cc(O)c(O)c(O)c2)O[C@H](CO)[C@H]1OC(=O)c1cc(O)c(O)c(O)c1. The van der Waals surface area contributed by atoms with Crippen LogP contribution in [0.25, 0.3) is 6.08 Å². The zero-order chi connectivity index (χ0) is 33.9. The van der Waals surface area contributed by atoms with Crippen LogP contribution in [-0.4, -0.2) is 106 Å². The van der Waals surface area contributed by atoms with E-state index in [1.165, 1.54) is 6.07 Å². The van der Waals surface area contributed by atoms with E-state index in [4.69, 9.17) is 18.9 Å². The quantitative estimate of drug-likeness (QED) is 0.0686. The lowest BCUT2D eigenvalue weighted by Gasteiger charge is -2.42. The molecule has 0 bridgehead atoms. The lowest BCUT2D eigenvalue weighted by molar-refractivity contribution is -0.287. The van der Waals surface area contributed by atoms with Crippen LogP contribution in [0.5, 0.6) is 46.0 Å². The van der Waals surface area contributed by atoms with Crippen LogP contribution in [0, 0.1) is 0 Å². The molecule has 0 saturated carbocycles. The van der Waals surface area contributed by atoms with Gasteiger partial charge in [-0.25, -0.2) is 14.4 Å². The number of aromatic hydroxyl groups is 8. The minimum Gasteiger partial charge on any atom is -0.504 e. The molecule has 3 aromatic rings. The molecule has 1 aliphatic rings. The van der Waals surface area contributed by atoms with Crippen molar-refractivity contribution in [2.24, 2.45) is 0 Å². The molecule has 1 saturated heterocycles. The molecule has 17 nitrogen and oxygen atoms in total. The summed E-state index contributed by atoms with van der Waals surface area (Å²) >= 11 is 0. The lowest BCUT2D eigenvalue weighted by atomic mass is 9.98. The molecule has 1 aliphatic heterocycles. The van der Waals surface area contributed by atoms with Gasteiger partial charge in [0.15, 0.2) is 64.3 Å². The van der Waals surface area contributed by atoms with Gasteiger partial charge in [-0.15, -0.1) is 0 Å². The van der Waals surface area contributed by atoms with Gasteiger partial charge < -0.3 is 70.0 Å². The Morgan fingerprint density at radius 3 is 1.70 bits per heavy atom. The van der Waals surface area contributed by atoms with Gasteiger partial charge in [0.25, 0.3) is 0 Å². The van der Waals surface area contributed by atoms with Crippen LogP contribution in [0.2, 0.25) is 0 Å². The Morgan fingerprint density at radius 1 is 0.674 bits per heavy atom. The van der Waals surface area contributed by atoms with E-state index < -0.39 is 112 Å². The summed E-state index contributed by atoms with van der Waals surface area (Å²) in [6.07, 6.45) is -7.73. The molecule has 5 atom stereocenters. The Bertz CT molecular complexity index is 1640. The molecule has 244 valence electrons. The highest BCUT2D eigenvalue weighted by Gasteiger charge is 2.51. The van der Waals surface area contributed by atoms with Gasteiger partial charge in [-0.3, -0.25) is 0 Å². The van der Waals surface area contributed by atoms with Crippen molar-refractivity contribution >= 4 is 24.0 Å². The summed E-state index contributed by atoms with van der Waals surface area (Å²) < 4.78 is 21.1. The fourth-order valence-corrected chi connectivity index (χ4v) is 4.21. The maximum atomic E-state index is 12.9. The first-order valence-electron chi connectivity index (χ1n) is 13.0. The first-order chi connectivity index (χ1) is 21.7. The second-order valence-corrected chi connectivity index (χ2v) is 9.70. The molecule has 1 heterocycles. The molecule has 0 unspecified atom stereocenters. The number of phenolic OH excluding ortho intramolecular Hbond substituents is 8. The van der Waals surface area contributed by atoms with Crippen LogP contribution in [0.15, 0.2) is 48.5 Å². The average Bonchev–Trinajstić information content (AvgIpc) is 3.01. The number of carbonyl (C=O) groups is 3. The van der Waals surface area contributed by atoms with Crippen molar-refractivity contribution in [3.05, 3.63) is 65.2 Å². The zero-order valence-corrected chi connectivity index (χ0v) is 23.1. The van der Waals surface area contributed by atoms with Gasteiger partial charge in [0, 0.05) is 6.08 Å². The Hall–Kier alpha value is -5.91. The Kier molecular flexibility index (Phi) is 9.60. The van der Waals surface area contributed by atoms with Gasteiger partial charge in [0.05, 0.1) is 17.7 Å². The third-order valence-electron chi connectivity index (χ3n) is 6.54. The van der Waals surface area contributed by atoms with Crippen LogP contribution < -0.4 is 0 Å². The van der Waals surface area contributed by atoms with E-state index in [0.29, 0.717) is 12.1 Å². The molecule has 17 heteroatoms. The van der Waals surface area contributed by atoms with Crippen LogP contribution in [0.4, 0.5) is 0 Å². The van der Waals surface area contributed by atoms with Crippen LogP contribution in [0.3, 0.4) is 0 Å². The van der Waals surface area contributed by atoms with Crippen LogP contribution in [0.1, 0.15) is 26.3 Å². The maximum Gasteiger partial charge on any atom is 0.340 e. The number of rotatable bonds is 8. The summed E-state index contributed by atoms with van der Waals surface area (Å²) in [6, 6.07) is 6.43. The standard InChI is InChI=1S/C29H26O17/c30-10-20-25(45-27(41)12-6-16(33)22(38)17(34)7-12)26(44-21(37)4-2-11-1-3-14(31)15(32)5-11)24(40)29(43-20)46-28(42)13-8-18(35)23(39)19(36)9-13/h1-9,20,24-26,29-36,38-40H,10H2/b4-2+/t20-,24-,25-,26-,29+/m1/s1. The second kappa shape index (κ2) is 13.4. The number of ether oxygens (including phenoxy) is 4. The molecule has 0 radical (unpaired) electrons. The number of carbonyl (C=O) groups excluding carboxylic acids is 3. The topological polar surface area (TPSA) is 290 Å². The molecular weight excluding hydrogens is 620 g/mol. The van der Waals surface area contributed by atoms with Crippen molar-refractivity contribution in [2.45, 2.75) is 30.7 Å². The van der Waals surface area contributed by atoms with E-state index in [2.05, 4.69) is 0 Å². The summed E-state index contributed by atoms with van der Waals surface area (Å²) in [5, 5.41) is 98.3. The first-order valence-corrected chi connectivity index (χ1v) is 13.0. The number of aliphatic hydroxyl groups excluding tert-OH is 2. The monoisotopic (exact) mass is 646 g/mol. The normalized spacial score (nSPS) is 21.0. The minimum absolute atomic E-state index is 0.218. The van der Waals surface area contributed by atoms with E-state index in [1.807, 2.05) is 0 Å². The Labute approximate surface area is 257 Å². The smallest absolute Gasteiger partial charge is 0.340 e. The molecule has 4 rings (SSSR count). The fraction of sp³-hybridized carbons (Fsp3) is 0.207. The van der Waals surface area contributed by atoms with E-state index in [-0.39, 0.29) is 5.56 Å². The van der Waals surface area contributed by atoms with Crippen molar-refractivity contribution in [3.63, 3.8) is 0 Å². The second-order valence-electron chi connectivity index (χ2n) is 9.70. The summed E-state index contributed by atoms with van der Waals surface area (Å²) in [5.41, 5.74) is -0.843. The van der Waals surface area contributed by atoms with Gasteiger partial charge in [-0.05, 0) is 48.0 Å². The van der Waals surface area contributed by atoms with E-state index in [0.717, 1.165) is 36.4 Å². The molecule has 0 spiro atoms. The molecule has 1 fully saturated rings. The molecule has 3 aromatic carbocycles.